The maximum atomic E-state index is 14.0. The number of nitrogens with zero attached hydrogens (tertiary/aromatic N) is 2. The average Bonchev–Trinajstić information content (AvgIpc) is 2.50. The van der Waals surface area contributed by atoms with Crippen LogP contribution in [0.25, 0.3) is 0 Å². The molecule has 2 aromatic carbocycles. The second kappa shape index (κ2) is 6.54. The molecule has 110 valence electrons. The standard InChI is InChI=1S/C15H14ClFN2O2/c1-2-18(13-6-4-3-5-12(13)17)14-8-7-11(10-16)9-15(14)19(20)21/h3-9H,2,10H2,1H3. The Bertz CT molecular complexity index is 664. The Morgan fingerprint density at radius 1 is 1.24 bits per heavy atom. The normalized spacial score (nSPS) is 10.4. The first-order valence-electron chi connectivity index (χ1n) is 6.43. The molecule has 6 heteroatoms. The van der Waals surface area contributed by atoms with Crippen molar-refractivity contribution < 1.29 is 9.31 Å². The summed E-state index contributed by atoms with van der Waals surface area (Å²) in [5.41, 5.74) is 1.22. The van der Waals surface area contributed by atoms with Gasteiger partial charge in [-0.1, -0.05) is 18.2 Å². The maximum absolute atomic E-state index is 14.0. The van der Waals surface area contributed by atoms with Gasteiger partial charge in [0.05, 0.1) is 10.6 Å². The van der Waals surface area contributed by atoms with E-state index in [1.54, 1.807) is 35.2 Å². The molecule has 0 N–H and O–H groups in total. The number of nitro benzene ring substituents is 1. The van der Waals surface area contributed by atoms with Crippen molar-refractivity contribution in [3.8, 4) is 0 Å². The maximum Gasteiger partial charge on any atom is 0.293 e. The molecule has 0 radical (unpaired) electrons. The van der Waals surface area contributed by atoms with E-state index in [0.29, 0.717) is 23.5 Å². The molecule has 0 heterocycles. The van der Waals surface area contributed by atoms with Crippen molar-refractivity contribution in [1.82, 2.24) is 0 Å². The molecule has 0 saturated carbocycles. The third-order valence-electron chi connectivity index (χ3n) is 3.14. The van der Waals surface area contributed by atoms with E-state index in [4.69, 9.17) is 11.6 Å². The fourth-order valence-electron chi connectivity index (χ4n) is 2.17. The van der Waals surface area contributed by atoms with Gasteiger partial charge in [0.15, 0.2) is 0 Å². The first-order valence-corrected chi connectivity index (χ1v) is 6.97. The molecule has 0 aliphatic heterocycles. The zero-order valence-electron chi connectivity index (χ0n) is 11.4. The number of nitro groups is 1. The monoisotopic (exact) mass is 308 g/mol. The van der Waals surface area contributed by atoms with Gasteiger partial charge in [0.25, 0.3) is 5.69 Å². The lowest BCUT2D eigenvalue weighted by Gasteiger charge is -2.23. The van der Waals surface area contributed by atoms with Crippen molar-refractivity contribution in [3.05, 3.63) is 64.0 Å². The summed E-state index contributed by atoms with van der Waals surface area (Å²) in [6.07, 6.45) is 0. The van der Waals surface area contributed by atoms with E-state index in [0.717, 1.165) is 0 Å². The van der Waals surface area contributed by atoms with E-state index < -0.39 is 10.7 Å². The SMILES string of the molecule is CCN(c1ccccc1F)c1ccc(CCl)cc1[N+](=O)[O-]. The van der Waals surface area contributed by atoms with Crippen molar-refractivity contribution in [1.29, 1.82) is 0 Å². The number of hydrogen-bond donors (Lipinski definition) is 0. The number of benzene rings is 2. The highest BCUT2D eigenvalue weighted by atomic mass is 35.5. The Labute approximate surface area is 126 Å². The van der Waals surface area contributed by atoms with E-state index in [1.165, 1.54) is 12.1 Å². The minimum Gasteiger partial charge on any atom is -0.334 e. The molecule has 4 nitrogen and oxygen atoms in total. The van der Waals surface area contributed by atoms with Gasteiger partial charge in [-0.15, -0.1) is 11.6 Å². The molecule has 0 spiro atoms. The molecule has 0 saturated heterocycles. The van der Waals surface area contributed by atoms with Gasteiger partial charge in [-0.25, -0.2) is 4.39 Å². The van der Waals surface area contributed by atoms with Crippen LogP contribution in [0.1, 0.15) is 12.5 Å². The first kappa shape index (κ1) is 15.3. The zero-order valence-corrected chi connectivity index (χ0v) is 12.2. The fourth-order valence-corrected chi connectivity index (χ4v) is 2.33. The summed E-state index contributed by atoms with van der Waals surface area (Å²) >= 11 is 5.72. The van der Waals surface area contributed by atoms with Gasteiger partial charge in [0, 0.05) is 18.5 Å². The molecular formula is C15H14ClFN2O2. The number of rotatable bonds is 5. The summed E-state index contributed by atoms with van der Waals surface area (Å²) in [7, 11) is 0. The summed E-state index contributed by atoms with van der Waals surface area (Å²) in [4.78, 5) is 12.4. The smallest absolute Gasteiger partial charge is 0.293 e. The molecule has 0 aliphatic carbocycles. The Morgan fingerprint density at radius 2 is 1.95 bits per heavy atom. The lowest BCUT2D eigenvalue weighted by Crippen LogP contribution is -2.18. The van der Waals surface area contributed by atoms with Crippen molar-refractivity contribution in [2.24, 2.45) is 0 Å². The summed E-state index contributed by atoms with van der Waals surface area (Å²) in [6.45, 7) is 2.22. The number of anilines is 2. The molecule has 21 heavy (non-hydrogen) atoms. The van der Waals surface area contributed by atoms with Crippen LogP contribution < -0.4 is 4.90 Å². The van der Waals surface area contributed by atoms with Crippen LogP contribution in [0.15, 0.2) is 42.5 Å². The van der Waals surface area contributed by atoms with E-state index in [9.17, 15) is 14.5 Å². The molecule has 2 rings (SSSR count). The highest BCUT2D eigenvalue weighted by Crippen LogP contribution is 2.35. The molecule has 0 unspecified atom stereocenters. The van der Waals surface area contributed by atoms with Crippen molar-refractivity contribution >= 4 is 28.7 Å². The van der Waals surface area contributed by atoms with Crippen molar-refractivity contribution in [3.63, 3.8) is 0 Å². The van der Waals surface area contributed by atoms with Gasteiger partial charge in [-0.3, -0.25) is 10.1 Å². The van der Waals surface area contributed by atoms with Crippen LogP contribution in [-0.4, -0.2) is 11.5 Å². The molecule has 0 amide bonds. The average molecular weight is 309 g/mol. The second-order valence-electron chi connectivity index (χ2n) is 4.41. The Balaban J connectivity index is 2.57. The fraction of sp³-hybridized carbons (Fsp3) is 0.200. The van der Waals surface area contributed by atoms with Crippen LogP contribution in [0.2, 0.25) is 0 Å². The van der Waals surface area contributed by atoms with Gasteiger partial charge < -0.3 is 4.90 Å². The third-order valence-corrected chi connectivity index (χ3v) is 3.45. The minimum absolute atomic E-state index is 0.0850. The number of hydrogen-bond acceptors (Lipinski definition) is 3. The van der Waals surface area contributed by atoms with Gasteiger partial charge in [-0.2, -0.15) is 0 Å². The lowest BCUT2D eigenvalue weighted by atomic mass is 10.1. The predicted octanol–water partition coefficient (Wildman–Crippen LogP) is 4.63. The Morgan fingerprint density at radius 3 is 2.52 bits per heavy atom. The summed E-state index contributed by atoms with van der Waals surface area (Å²) in [5, 5.41) is 11.3. The van der Waals surface area contributed by atoms with E-state index in [2.05, 4.69) is 0 Å². The van der Waals surface area contributed by atoms with Crippen LogP contribution in [0.4, 0.5) is 21.5 Å². The predicted molar refractivity (Wildman–Crippen MR) is 81.7 cm³/mol. The summed E-state index contributed by atoms with van der Waals surface area (Å²) in [5.74, 6) is -0.234. The highest BCUT2D eigenvalue weighted by molar-refractivity contribution is 6.17. The van der Waals surface area contributed by atoms with Crippen LogP contribution in [0, 0.1) is 15.9 Å². The van der Waals surface area contributed by atoms with E-state index in [1.807, 2.05) is 6.92 Å². The topological polar surface area (TPSA) is 46.4 Å². The van der Waals surface area contributed by atoms with Gasteiger partial charge >= 0.3 is 0 Å². The van der Waals surface area contributed by atoms with E-state index >= 15 is 0 Å². The van der Waals surface area contributed by atoms with Crippen LogP contribution in [-0.2, 0) is 5.88 Å². The van der Waals surface area contributed by atoms with Gasteiger partial charge in [0.1, 0.15) is 11.5 Å². The van der Waals surface area contributed by atoms with Crippen LogP contribution in [0.5, 0.6) is 0 Å². The van der Waals surface area contributed by atoms with Crippen molar-refractivity contribution in [2.45, 2.75) is 12.8 Å². The number of para-hydroxylation sites is 1. The molecular weight excluding hydrogens is 295 g/mol. The number of alkyl halides is 1. The van der Waals surface area contributed by atoms with Crippen LogP contribution >= 0.6 is 11.6 Å². The van der Waals surface area contributed by atoms with Gasteiger partial charge in [0.2, 0.25) is 0 Å². The first-order chi connectivity index (χ1) is 10.1. The van der Waals surface area contributed by atoms with E-state index in [-0.39, 0.29) is 11.6 Å². The Kier molecular flexibility index (Phi) is 4.75. The largest absolute Gasteiger partial charge is 0.334 e. The third kappa shape index (κ3) is 3.13. The molecule has 0 fully saturated rings. The Hall–Kier alpha value is -2.14. The minimum atomic E-state index is -0.477. The summed E-state index contributed by atoms with van der Waals surface area (Å²) in [6, 6.07) is 10.9. The molecule has 0 bridgehead atoms. The lowest BCUT2D eigenvalue weighted by molar-refractivity contribution is -0.384. The van der Waals surface area contributed by atoms with Crippen molar-refractivity contribution in [2.75, 3.05) is 11.4 Å². The molecule has 0 aliphatic rings. The zero-order chi connectivity index (χ0) is 15.4. The number of halogens is 2. The van der Waals surface area contributed by atoms with Crippen LogP contribution in [0.3, 0.4) is 0 Å². The van der Waals surface area contributed by atoms with Gasteiger partial charge in [-0.05, 0) is 30.7 Å². The highest BCUT2D eigenvalue weighted by Gasteiger charge is 2.21. The molecule has 0 aromatic heterocycles. The summed E-state index contributed by atoms with van der Waals surface area (Å²) < 4.78 is 14.0. The second-order valence-corrected chi connectivity index (χ2v) is 4.68. The quantitative estimate of drug-likeness (QED) is 0.459. The molecule has 2 aromatic rings. The molecule has 0 atom stereocenters.